The Labute approximate surface area is 243 Å². The van der Waals surface area contributed by atoms with Gasteiger partial charge in [0, 0.05) is 42.0 Å². The maximum atomic E-state index is 13.1. The highest BCUT2D eigenvalue weighted by Crippen LogP contribution is 2.54. The van der Waals surface area contributed by atoms with Gasteiger partial charge in [0.25, 0.3) is 0 Å². The molecule has 1 spiro atoms. The molecule has 8 nitrogen and oxygen atoms in total. The van der Waals surface area contributed by atoms with E-state index in [4.69, 9.17) is 9.72 Å². The summed E-state index contributed by atoms with van der Waals surface area (Å²) in [6.07, 6.45) is 12.6. The maximum Gasteiger partial charge on any atom is 0.328 e. The van der Waals surface area contributed by atoms with E-state index in [-0.39, 0.29) is 11.8 Å². The lowest BCUT2D eigenvalue weighted by Crippen LogP contribution is -2.54. The average molecular weight is 568 g/mol. The van der Waals surface area contributed by atoms with Crippen molar-refractivity contribution in [3.8, 4) is 17.1 Å². The quantitative estimate of drug-likeness (QED) is 0.259. The zero-order valence-electron chi connectivity index (χ0n) is 23.3. The van der Waals surface area contributed by atoms with Crippen molar-refractivity contribution in [3.63, 3.8) is 0 Å². The first-order valence-corrected chi connectivity index (χ1v) is 15.4. The van der Waals surface area contributed by atoms with Gasteiger partial charge in [-0.25, -0.2) is 14.8 Å². The van der Waals surface area contributed by atoms with Gasteiger partial charge in [-0.3, -0.25) is 14.3 Å². The zero-order chi connectivity index (χ0) is 28.4. The van der Waals surface area contributed by atoms with Crippen molar-refractivity contribution in [3.05, 3.63) is 83.3 Å². The van der Waals surface area contributed by atoms with Crippen LogP contribution in [0.4, 0.5) is 0 Å². The Morgan fingerprint density at radius 1 is 1.10 bits per heavy atom. The molecule has 210 valence electrons. The number of benzene rings is 1. The minimum atomic E-state index is -0.591. The molecular weight excluding hydrogens is 534 g/mol. The van der Waals surface area contributed by atoms with Gasteiger partial charge in [-0.05, 0) is 68.0 Å². The molecule has 2 aliphatic rings. The summed E-state index contributed by atoms with van der Waals surface area (Å²) >= 11 is 1.47. The molecule has 6 rings (SSSR count). The first-order chi connectivity index (χ1) is 20.1. The van der Waals surface area contributed by atoms with E-state index >= 15 is 0 Å². The molecule has 1 atom stereocenters. The number of aromatic nitrogens is 4. The van der Waals surface area contributed by atoms with E-state index in [2.05, 4.69) is 15.3 Å². The van der Waals surface area contributed by atoms with Gasteiger partial charge >= 0.3 is 5.97 Å². The van der Waals surface area contributed by atoms with Crippen LogP contribution in [0.3, 0.4) is 0 Å². The molecule has 41 heavy (non-hydrogen) atoms. The average Bonchev–Trinajstić information content (AvgIpc) is 3.41. The molecule has 2 aliphatic carbocycles. The molecule has 1 fully saturated rings. The minimum absolute atomic E-state index is 0.227. The number of hydrogen-bond donors (Lipinski definition) is 1. The van der Waals surface area contributed by atoms with Gasteiger partial charge in [-0.1, -0.05) is 31.4 Å². The summed E-state index contributed by atoms with van der Waals surface area (Å²) in [5, 5.41) is 3.51. The van der Waals surface area contributed by atoms with Crippen LogP contribution in [0.1, 0.15) is 44.6 Å². The van der Waals surface area contributed by atoms with Crippen LogP contribution in [-0.4, -0.2) is 50.2 Å². The van der Waals surface area contributed by atoms with Gasteiger partial charge in [0.15, 0.2) is 11.4 Å². The number of imidazole rings is 1. The lowest BCUT2D eigenvalue weighted by atomic mass is 9.62. The van der Waals surface area contributed by atoms with E-state index in [1.807, 2.05) is 66.3 Å². The number of ether oxygens (including phenoxy) is 1. The number of nitrogens with zero attached hydrogens (tertiary/aromatic N) is 4. The molecular formula is C32H33N5O3S. The number of allylic oxidation sites excluding steroid dienone is 2. The van der Waals surface area contributed by atoms with E-state index in [1.165, 1.54) is 11.8 Å². The highest BCUT2D eigenvalue weighted by atomic mass is 32.2. The molecule has 1 saturated carbocycles. The first-order valence-electron chi connectivity index (χ1n) is 14.2. The number of fused-ring (bicyclic) bond motifs is 1. The van der Waals surface area contributed by atoms with Crippen LogP contribution in [0.5, 0.6) is 0 Å². The van der Waals surface area contributed by atoms with Crippen LogP contribution >= 0.6 is 11.8 Å². The molecule has 3 heterocycles. The molecule has 0 radical (unpaired) electrons. The van der Waals surface area contributed by atoms with E-state index in [0.717, 1.165) is 76.5 Å². The van der Waals surface area contributed by atoms with Crippen LogP contribution in [0.2, 0.25) is 0 Å². The Morgan fingerprint density at radius 3 is 2.59 bits per heavy atom. The molecule has 0 saturated heterocycles. The second-order valence-electron chi connectivity index (χ2n) is 10.6. The highest BCUT2D eigenvalue weighted by Gasteiger charge is 2.54. The monoisotopic (exact) mass is 567 g/mol. The number of esters is 1. The van der Waals surface area contributed by atoms with E-state index in [9.17, 15) is 9.59 Å². The Bertz CT molecular complexity index is 1610. The van der Waals surface area contributed by atoms with Crippen molar-refractivity contribution < 1.29 is 14.3 Å². The van der Waals surface area contributed by atoms with E-state index < -0.39 is 11.5 Å². The van der Waals surface area contributed by atoms with E-state index in [0.29, 0.717) is 13.0 Å². The van der Waals surface area contributed by atoms with Gasteiger partial charge in [-0.15, -0.1) is 11.8 Å². The Hall–Kier alpha value is -3.98. The molecule has 0 amide bonds. The molecule has 4 aromatic rings. The zero-order valence-corrected chi connectivity index (χ0v) is 24.1. The number of hydrogen-bond acceptors (Lipinski definition) is 8. The number of carbonyl (C=O) groups excluding carboxylic acids is 2. The van der Waals surface area contributed by atoms with Gasteiger partial charge in [0.2, 0.25) is 0 Å². The molecule has 9 heteroatoms. The van der Waals surface area contributed by atoms with Crippen molar-refractivity contribution >= 4 is 34.7 Å². The standard InChI is InChI=1S/C32H33N5O3S/c1-3-40-31(39)25(35-27-26(41-2)28(38)32(27)15-5-4-6-16-32)19-21-11-13-23(14-12-21)37-29(22-9-7-17-33-20-22)36-24-10-8-18-34-30(24)37/h7-14,17-18,20,25,35H,3-6,15-16,19H2,1-2H3/t25-/m0/s1. The van der Waals surface area contributed by atoms with Gasteiger partial charge < -0.3 is 10.1 Å². The van der Waals surface area contributed by atoms with Gasteiger partial charge in [-0.2, -0.15) is 0 Å². The predicted octanol–water partition coefficient (Wildman–Crippen LogP) is 5.65. The third kappa shape index (κ3) is 4.92. The molecule has 1 aromatic carbocycles. The van der Waals surface area contributed by atoms with Crippen molar-refractivity contribution in [2.45, 2.75) is 51.5 Å². The number of carbonyl (C=O) groups is 2. The second kappa shape index (κ2) is 11.5. The van der Waals surface area contributed by atoms with Crippen molar-refractivity contribution in [1.29, 1.82) is 0 Å². The summed E-state index contributed by atoms with van der Waals surface area (Å²) in [6, 6.07) is 15.2. The molecule has 1 N–H and O–H groups in total. The number of Topliss-reactive ketones (excluding diaryl/α,β-unsaturated/α-hetero) is 1. The SMILES string of the molecule is CCOC(=O)[C@H](Cc1ccc(-n2c(-c3cccnc3)nc3cccnc32)cc1)NC1=C(SC)C(=O)C12CCCCC2. The minimum Gasteiger partial charge on any atom is -0.464 e. The number of rotatable bonds is 9. The topological polar surface area (TPSA) is 99.0 Å². The molecule has 0 unspecified atom stereocenters. The van der Waals surface area contributed by atoms with Crippen LogP contribution in [0, 0.1) is 5.41 Å². The number of pyridine rings is 2. The summed E-state index contributed by atoms with van der Waals surface area (Å²) in [5.41, 5.74) is 4.80. The largest absolute Gasteiger partial charge is 0.464 e. The molecule has 3 aromatic heterocycles. The third-order valence-corrected chi connectivity index (χ3v) is 8.92. The summed E-state index contributed by atoms with van der Waals surface area (Å²) in [6.45, 7) is 2.11. The third-order valence-electron chi connectivity index (χ3n) is 8.12. The number of ketones is 1. The summed E-state index contributed by atoms with van der Waals surface area (Å²) in [4.78, 5) is 40.8. The van der Waals surface area contributed by atoms with Crippen molar-refractivity contribution in [1.82, 2.24) is 24.8 Å². The number of nitrogens with one attached hydrogen (secondary N) is 1. The lowest BCUT2D eigenvalue weighted by molar-refractivity contribution is -0.146. The normalized spacial score (nSPS) is 17.0. The summed E-state index contributed by atoms with van der Waals surface area (Å²) in [5.74, 6) is 0.679. The Balaban J connectivity index is 1.30. The van der Waals surface area contributed by atoms with Crippen LogP contribution in [0.25, 0.3) is 28.2 Å². The summed E-state index contributed by atoms with van der Waals surface area (Å²) in [7, 11) is 0. The van der Waals surface area contributed by atoms with Crippen molar-refractivity contribution in [2.75, 3.05) is 12.9 Å². The lowest BCUT2D eigenvalue weighted by Gasteiger charge is -2.47. The smallest absolute Gasteiger partial charge is 0.328 e. The fourth-order valence-electron chi connectivity index (χ4n) is 6.10. The number of thioether (sulfide) groups is 1. The maximum absolute atomic E-state index is 13.1. The highest BCUT2D eigenvalue weighted by molar-refractivity contribution is 8.03. The molecule has 0 bridgehead atoms. The van der Waals surface area contributed by atoms with Crippen LogP contribution < -0.4 is 5.32 Å². The van der Waals surface area contributed by atoms with Gasteiger partial charge in [0.05, 0.1) is 16.9 Å². The first kappa shape index (κ1) is 27.2. The second-order valence-corrected chi connectivity index (χ2v) is 11.4. The summed E-state index contributed by atoms with van der Waals surface area (Å²) < 4.78 is 7.50. The van der Waals surface area contributed by atoms with Crippen LogP contribution in [-0.2, 0) is 20.7 Å². The fraction of sp³-hybridized carbons (Fsp3) is 0.344. The fourth-order valence-corrected chi connectivity index (χ4v) is 6.94. The predicted molar refractivity (Wildman–Crippen MR) is 160 cm³/mol. The van der Waals surface area contributed by atoms with Crippen LogP contribution in [0.15, 0.2) is 77.7 Å². The van der Waals surface area contributed by atoms with Crippen molar-refractivity contribution in [2.24, 2.45) is 5.41 Å². The Kier molecular flexibility index (Phi) is 7.62. The van der Waals surface area contributed by atoms with Gasteiger partial charge in [0.1, 0.15) is 17.4 Å². The van der Waals surface area contributed by atoms with E-state index in [1.54, 1.807) is 18.6 Å². The Morgan fingerprint density at radius 2 is 1.88 bits per heavy atom. The molecule has 0 aliphatic heterocycles.